The van der Waals surface area contributed by atoms with Crippen LogP contribution in [0.5, 0.6) is 0 Å². The van der Waals surface area contributed by atoms with Crippen LogP contribution in [0.4, 0.5) is 4.79 Å². The summed E-state index contributed by atoms with van der Waals surface area (Å²) in [5.41, 5.74) is 4.93. The Bertz CT molecular complexity index is 1200. The van der Waals surface area contributed by atoms with Crippen molar-refractivity contribution in [3.8, 4) is 0 Å². The first kappa shape index (κ1) is 20.9. The Morgan fingerprint density at radius 1 is 1.03 bits per heavy atom. The van der Waals surface area contributed by atoms with E-state index >= 15 is 0 Å². The zero-order valence-corrected chi connectivity index (χ0v) is 18.0. The van der Waals surface area contributed by atoms with Crippen LogP contribution < -0.4 is 10.7 Å². The van der Waals surface area contributed by atoms with Crippen molar-refractivity contribution in [2.24, 2.45) is 0 Å². The molecule has 0 aliphatic carbocycles. The minimum atomic E-state index is -0.580. The summed E-state index contributed by atoms with van der Waals surface area (Å²) < 4.78 is 0. The number of pyridine rings is 1. The minimum Gasteiger partial charge on any atom is -0.351 e. The van der Waals surface area contributed by atoms with Crippen LogP contribution in [-0.2, 0) is 22.7 Å². The van der Waals surface area contributed by atoms with Crippen molar-refractivity contribution >= 4 is 28.6 Å². The molecule has 2 aromatic carbocycles. The van der Waals surface area contributed by atoms with Gasteiger partial charge in [-0.2, -0.15) is 0 Å². The molecule has 2 fully saturated rings. The topological polar surface area (TPSA) is 97.9 Å². The first-order chi connectivity index (χ1) is 16.1. The molecule has 2 aliphatic rings. The molecule has 3 heterocycles. The summed E-state index contributed by atoms with van der Waals surface area (Å²) >= 11 is 0. The molecule has 168 valence electrons. The average Bonchev–Trinajstić information content (AvgIpc) is 2.85. The lowest BCUT2D eigenvalue weighted by Crippen LogP contribution is -2.73. The number of nitrogens with zero attached hydrogens (tertiary/aromatic N) is 4. The SMILES string of the molecule is O=C1CN2C(=O)CNN(C(=O)N(Cc3ccncc3)Cc3cccc4ccccc34)C2CN1. The van der Waals surface area contributed by atoms with Gasteiger partial charge in [0.2, 0.25) is 11.8 Å². The van der Waals surface area contributed by atoms with E-state index in [0.29, 0.717) is 13.1 Å². The predicted octanol–water partition coefficient (Wildman–Crippen LogP) is 1.46. The average molecular weight is 444 g/mol. The summed E-state index contributed by atoms with van der Waals surface area (Å²) in [5.74, 6) is -0.424. The van der Waals surface area contributed by atoms with Crippen LogP contribution in [0, 0.1) is 0 Å². The number of nitrogens with one attached hydrogen (secondary N) is 2. The highest BCUT2D eigenvalue weighted by Crippen LogP contribution is 2.23. The Hall–Kier alpha value is -3.98. The van der Waals surface area contributed by atoms with Crippen molar-refractivity contribution in [2.45, 2.75) is 19.3 Å². The number of benzene rings is 2. The van der Waals surface area contributed by atoms with E-state index in [1.807, 2.05) is 48.5 Å². The number of piperazine rings is 1. The molecule has 1 aromatic heterocycles. The minimum absolute atomic E-state index is 0.0348. The molecule has 9 heteroatoms. The van der Waals surface area contributed by atoms with E-state index in [1.165, 1.54) is 9.91 Å². The van der Waals surface area contributed by atoms with Crippen molar-refractivity contribution < 1.29 is 14.4 Å². The lowest BCUT2D eigenvalue weighted by Gasteiger charge is -2.46. The van der Waals surface area contributed by atoms with Gasteiger partial charge in [0.05, 0.1) is 13.1 Å². The molecule has 2 N–H and O–H groups in total. The first-order valence-corrected chi connectivity index (χ1v) is 10.8. The number of hydrazine groups is 1. The number of hydrogen-bond donors (Lipinski definition) is 2. The van der Waals surface area contributed by atoms with Gasteiger partial charge in [0.25, 0.3) is 0 Å². The molecule has 3 aromatic rings. The van der Waals surface area contributed by atoms with Gasteiger partial charge in [-0.05, 0) is 34.0 Å². The number of hydrogen-bond acceptors (Lipinski definition) is 5. The largest absolute Gasteiger partial charge is 0.351 e. The van der Waals surface area contributed by atoms with Gasteiger partial charge in [0.1, 0.15) is 12.7 Å². The van der Waals surface area contributed by atoms with E-state index in [1.54, 1.807) is 17.3 Å². The maximum absolute atomic E-state index is 13.8. The van der Waals surface area contributed by atoms with Crippen LogP contribution in [0.15, 0.2) is 67.0 Å². The Labute approximate surface area is 190 Å². The summed E-state index contributed by atoms with van der Waals surface area (Å²) in [6.07, 6.45) is 2.82. The van der Waals surface area contributed by atoms with Gasteiger partial charge in [-0.25, -0.2) is 15.2 Å². The van der Waals surface area contributed by atoms with Crippen LogP contribution in [-0.4, -0.2) is 63.4 Å². The number of fused-ring (bicyclic) bond motifs is 2. The maximum Gasteiger partial charge on any atom is 0.336 e. The smallest absolute Gasteiger partial charge is 0.336 e. The normalized spacial score (nSPS) is 18.1. The maximum atomic E-state index is 13.8. The Morgan fingerprint density at radius 3 is 2.67 bits per heavy atom. The summed E-state index contributed by atoms with van der Waals surface area (Å²) in [7, 11) is 0. The summed E-state index contributed by atoms with van der Waals surface area (Å²) in [5, 5.41) is 6.41. The van der Waals surface area contributed by atoms with Gasteiger partial charge in [-0.1, -0.05) is 42.5 Å². The molecule has 1 unspecified atom stereocenters. The number of aromatic nitrogens is 1. The number of amides is 4. The van der Waals surface area contributed by atoms with E-state index in [9.17, 15) is 14.4 Å². The van der Waals surface area contributed by atoms with Crippen LogP contribution in [0.1, 0.15) is 11.1 Å². The number of urea groups is 1. The molecule has 4 amide bonds. The number of carbonyl (C=O) groups is 3. The predicted molar refractivity (Wildman–Crippen MR) is 121 cm³/mol. The Morgan fingerprint density at radius 2 is 1.82 bits per heavy atom. The molecule has 33 heavy (non-hydrogen) atoms. The molecule has 2 aliphatic heterocycles. The quantitative estimate of drug-likeness (QED) is 0.635. The van der Waals surface area contributed by atoms with Gasteiger partial charge in [0, 0.05) is 25.5 Å². The number of rotatable bonds is 4. The first-order valence-electron chi connectivity index (χ1n) is 10.8. The lowest BCUT2D eigenvalue weighted by atomic mass is 10.0. The van der Waals surface area contributed by atoms with E-state index in [2.05, 4.69) is 21.8 Å². The van der Waals surface area contributed by atoms with Crippen molar-refractivity contribution in [1.82, 2.24) is 30.5 Å². The second-order valence-corrected chi connectivity index (χ2v) is 8.14. The van der Waals surface area contributed by atoms with Crippen LogP contribution >= 0.6 is 0 Å². The monoisotopic (exact) mass is 444 g/mol. The molecule has 0 spiro atoms. The molecule has 0 bridgehead atoms. The Balaban J connectivity index is 1.46. The van der Waals surface area contributed by atoms with Crippen molar-refractivity contribution in [3.05, 3.63) is 78.1 Å². The van der Waals surface area contributed by atoms with E-state index in [4.69, 9.17) is 0 Å². The van der Waals surface area contributed by atoms with Gasteiger partial charge in [-0.15, -0.1) is 0 Å². The van der Waals surface area contributed by atoms with Gasteiger partial charge < -0.3 is 15.1 Å². The van der Waals surface area contributed by atoms with Gasteiger partial charge in [0.15, 0.2) is 0 Å². The highest BCUT2D eigenvalue weighted by molar-refractivity contribution is 5.89. The van der Waals surface area contributed by atoms with Crippen LogP contribution in [0.2, 0.25) is 0 Å². The molecule has 1 atom stereocenters. The third-order valence-electron chi connectivity index (χ3n) is 6.02. The molecule has 0 radical (unpaired) electrons. The molecular formula is C24H24N6O3. The summed E-state index contributed by atoms with van der Waals surface area (Å²) in [6, 6.07) is 17.6. The zero-order valence-electron chi connectivity index (χ0n) is 18.0. The fraction of sp³-hybridized carbons (Fsp3) is 0.250. The Kier molecular flexibility index (Phi) is 5.62. The second-order valence-electron chi connectivity index (χ2n) is 8.14. The molecule has 5 rings (SSSR count). The van der Waals surface area contributed by atoms with Crippen LogP contribution in [0.3, 0.4) is 0 Å². The fourth-order valence-electron chi connectivity index (χ4n) is 4.36. The van der Waals surface area contributed by atoms with Crippen LogP contribution in [0.25, 0.3) is 10.8 Å². The van der Waals surface area contributed by atoms with Gasteiger partial charge in [-0.3, -0.25) is 14.6 Å². The van der Waals surface area contributed by atoms with Gasteiger partial charge >= 0.3 is 6.03 Å². The standard InChI is InChI=1S/C24H24N6O3/c31-21-16-29-22(12-26-21)30(27-13-23(29)32)24(33)28(14-17-8-10-25-11-9-17)15-19-6-3-5-18-4-1-2-7-20(18)19/h1-11,22,27H,12-16H2,(H,26,31). The van der Waals surface area contributed by atoms with E-state index in [0.717, 1.165) is 21.9 Å². The molecule has 0 saturated carbocycles. The third kappa shape index (κ3) is 4.22. The van der Waals surface area contributed by atoms with Crippen molar-refractivity contribution in [3.63, 3.8) is 0 Å². The van der Waals surface area contributed by atoms with E-state index < -0.39 is 6.17 Å². The molecular weight excluding hydrogens is 420 g/mol. The number of carbonyl (C=O) groups excluding carboxylic acids is 3. The third-order valence-corrected chi connectivity index (χ3v) is 6.02. The molecule has 9 nitrogen and oxygen atoms in total. The van der Waals surface area contributed by atoms with E-state index in [-0.39, 0.29) is 37.5 Å². The summed E-state index contributed by atoms with van der Waals surface area (Å²) in [6.45, 7) is 0.847. The second kappa shape index (κ2) is 8.87. The highest BCUT2D eigenvalue weighted by Gasteiger charge is 2.41. The lowest BCUT2D eigenvalue weighted by molar-refractivity contribution is -0.153. The zero-order chi connectivity index (χ0) is 22.8. The summed E-state index contributed by atoms with van der Waals surface area (Å²) in [4.78, 5) is 45.3. The van der Waals surface area contributed by atoms with Crippen molar-refractivity contribution in [1.29, 1.82) is 0 Å². The fourth-order valence-corrected chi connectivity index (χ4v) is 4.36. The molecule has 2 saturated heterocycles. The highest BCUT2D eigenvalue weighted by atomic mass is 16.2. The van der Waals surface area contributed by atoms with Crippen molar-refractivity contribution in [2.75, 3.05) is 19.6 Å².